The van der Waals surface area contributed by atoms with Crippen molar-refractivity contribution in [2.45, 2.75) is 44.6 Å². The SMILES string of the molecule is CN(C(=O)c1cccs1)C(Cc1ccccc1F)C1CCN(C(=O)c2n[nH]c3c2CCC3)CC1. The first kappa shape index (κ1) is 22.8. The van der Waals surface area contributed by atoms with Gasteiger partial charge in [-0.1, -0.05) is 24.3 Å². The third-order valence-corrected chi connectivity index (χ3v) is 8.17. The molecular weight excluding hydrogens is 451 g/mol. The van der Waals surface area contributed by atoms with Crippen LogP contribution in [0, 0.1) is 11.7 Å². The maximum Gasteiger partial charge on any atom is 0.274 e. The van der Waals surface area contributed by atoms with Crippen LogP contribution in [0.4, 0.5) is 4.39 Å². The van der Waals surface area contributed by atoms with Gasteiger partial charge in [-0.3, -0.25) is 14.7 Å². The number of hydrogen-bond donors (Lipinski definition) is 1. The van der Waals surface area contributed by atoms with Gasteiger partial charge in [0, 0.05) is 37.4 Å². The number of hydrogen-bond acceptors (Lipinski definition) is 4. The van der Waals surface area contributed by atoms with E-state index in [9.17, 15) is 14.0 Å². The van der Waals surface area contributed by atoms with Gasteiger partial charge in [0.1, 0.15) is 5.82 Å². The van der Waals surface area contributed by atoms with Crippen LogP contribution in [0.2, 0.25) is 0 Å². The topological polar surface area (TPSA) is 69.3 Å². The molecule has 3 aromatic rings. The van der Waals surface area contributed by atoms with Crippen molar-refractivity contribution < 1.29 is 14.0 Å². The molecule has 5 rings (SSSR count). The number of likely N-dealkylation sites (N-methyl/N-ethyl adjacent to an activating group) is 1. The normalized spacial score (nSPS) is 16.9. The zero-order valence-electron chi connectivity index (χ0n) is 19.3. The van der Waals surface area contributed by atoms with Crippen LogP contribution < -0.4 is 0 Å². The first-order valence-corrected chi connectivity index (χ1v) is 12.8. The van der Waals surface area contributed by atoms with Crippen LogP contribution in [-0.2, 0) is 19.3 Å². The van der Waals surface area contributed by atoms with Gasteiger partial charge in [0.2, 0.25) is 0 Å². The van der Waals surface area contributed by atoms with E-state index in [4.69, 9.17) is 0 Å². The number of carbonyl (C=O) groups is 2. The summed E-state index contributed by atoms with van der Waals surface area (Å²) in [6, 6.07) is 10.3. The van der Waals surface area contributed by atoms with Crippen molar-refractivity contribution in [3.05, 3.63) is 75.0 Å². The lowest BCUT2D eigenvalue weighted by Crippen LogP contribution is -2.48. The average molecular weight is 481 g/mol. The number of carbonyl (C=O) groups excluding carboxylic acids is 2. The van der Waals surface area contributed by atoms with Crippen molar-refractivity contribution in [3.63, 3.8) is 0 Å². The quantitative estimate of drug-likeness (QED) is 0.571. The van der Waals surface area contributed by atoms with Crippen molar-refractivity contribution in [1.82, 2.24) is 20.0 Å². The molecule has 1 N–H and O–H groups in total. The molecule has 1 fully saturated rings. The standard InChI is InChI=1S/C26H29FN4O2S/c1-30(25(32)23-10-5-15-34-23)22(16-18-6-2-3-8-20(18)27)17-11-13-31(14-12-17)26(33)24-19-7-4-9-21(19)28-29-24/h2-3,5-6,8,10,15,17,22H,4,7,9,11-14,16H2,1H3,(H,28,29). The van der Waals surface area contributed by atoms with Crippen LogP contribution in [0.3, 0.4) is 0 Å². The Bertz CT molecular complexity index is 1170. The molecule has 1 aromatic carbocycles. The number of thiophene rings is 1. The fourth-order valence-electron chi connectivity index (χ4n) is 5.37. The van der Waals surface area contributed by atoms with Crippen LogP contribution in [-0.4, -0.2) is 58.0 Å². The predicted molar refractivity (Wildman–Crippen MR) is 130 cm³/mol. The average Bonchev–Trinajstić information content (AvgIpc) is 3.61. The number of piperidine rings is 1. The summed E-state index contributed by atoms with van der Waals surface area (Å²) in [5, 5.41) is 9.22. The highest BCUT2D eigenvalue weighted by Gasteiger charge is 2.35. The van der Waals surface area contributed by atoms with Crippen molar-refractivity contribution in [3.8, 4) is 0 Å². The first-order chi connectivity index (χ1) is 16.5. The number of rotatable bonds is 6. The Labute approximate surface area is 202 Å². The number of nitrogens with one attached hydrogen (secondary N) is 1. The van der Waals surface area contributed by atoms with E-state index in [0.717, 1.165) is 43.4 Å². The number of benzene rings is 1. The summed E-state index contributed by atoms with van der Waals surface area (Å²) in [7, 11) is 1.82. The van der Waals surface area contributed by atoms with E-state index in [1.165, 1.54) is 17.4 Å². The molecule has 0 saturated carbocycles. The van der Waals surface area contributed by atoms with Gasteiger partial charge >= 0.3 is 0 Å². The van der Waals surface area contributed by atoms with Crippen molar-refractivity contribution >= 4 is 23.2 Å². The van der Waals surface area contributed by atoms with Crippen molar-refractivity contribution in [1.29, 1.82) is 0 Å². The summed E-state index contributed by atoms with van der Waals surface area (Å²) in [5.41, 5.74) is 3.35. The highest BCUT2D eigenvalue weighted by molar-refractivity contribution is 7.12. The third-order valence-electron chi connectivity index (χ3n) is 7.32. The van der Waals surface area contributed by atoms with Gasteiger partial charge in [-0.15, -0.1) is 11.3 Å². The Morgan fingerprint density at radius 3 is 2.74 bits per heavy atom. The number of nitrogens with zero attached hydrogens (tertiary/aromatic N) is 3. The molecule has 1 atom stereocenters. The number of amides is 2. The predicted octanol–water partition coefficient (Wildman–Crippen LogP) is 4.33. The summed E-state index contributed by atoms with van der Waals surface area (Å²) in [6.07, 6.45) is 4.91. The molecule has 3 heterocycles. The molecule has 1 aliphatic heterocycles. The van der Waals surface area contributed by atoms with Gasteiger partial charge < -0.3 is 9.80 Å². The summed E-state index contributed by atoms with van der Waals surface area (Å²) in [4.78, 5) is 30.7. The monoisotopic (exact) mass is 480 g/mol. The fraction of sp³-hybridized carbons (Fsp3) is 0.423. The van der Waals surface area contributed by atoms with Crippen molar-refractivity contribution in [2.24, 2.45) is 5.92 Å². The lowest BCUT2D eigenvalue weighted by Gasteiger charge is -2.40. The van der Waals surface area contributed by atoms with E-state index in [1.807, 2.05) is 35.5 Å². The summed E-state index contributed by atoms with van der Waals surface area (Å²) >= 11 is 1.42. The minimum absolute atomic E-state index is 0.00785. The van der Waals surface area contributed by atoms with Crippen LogP contribution in [0.1, 0.15) is 56.2 Å². The van der Waals surface area contributed by atoms with Gasteiger partial charge in [0.15, 0.2) is 5.69 Å². The summed E-state index contributed by atoms with van der Waals surface area (Å²) in [6.45, 7) is 1.22. The summed E-state index contributed by atoms with van der Waals surface area (Å²) in [5.74, 6) is -0.125. The van der Waals surface area contributed by atoms with Crippen LogP contribution in [0.15, 0.2) is 41.8 Å². The zero-order chi connectivity index (χ0) is 23.7. The van der Waals surface area contributed by atoms with Gasteiger partial charge in [0.05, 0.1) is 4.88 Å². The van der Waals surface area contributed by atoms with Gasteiger partial charge in [-0.25, -0.2) is 4.39 Å². The van der Waals surface area contributed by atoms with E-state index >= 15 is 0 Å². The molecule has 2 aliphatic rings. The third kappa shape index (κ3) is 4.39. The molecule has 1 aliphatic carbocycles. The van der Waals surface area contributed by atoms with Crippen LogP contribution in [0.5, 0.6) is 0 Å². The van der Waals surface area contributed by atoms with Crippen molar-refractivity contribution in [2.75, 3.05) is 20.1 Å². The van der Waals surface area contributed by atoms with Gasteiger partial charge in [-0.2, -0.15) is 5.10 Å². The molecule has 1 saturated heterocycles. The Balaban J connectivity index is 1.32. The Hall–Kier alpha value is -3.00. The number of fused-ring (bicyclic) bond motifs is 1. The van der Waals surface area contributed by atoms with E-state index in [-0.39, 0.29) is 29.6 Å². The minimum Gasteiger partial charge on any atom is -0.337 e. The van der Waals surface area contributed by atoms with Gasteiger partial charge in [0.25, 0.3) is 11.8 Å². The number of likely N-dealkylation sites (tertiary alicyclic amines) is 1. The van der Waals surface area contributed by atoms with Crippen LogP contribution in [0.25, 0.3) is 0 Å². The molecule has 34 heavy (non-hydrogen) atoms. The molecule has 0 spiro atoms. The molecule has 0 radical (unpaired) electrons. The number of aromatic nitrogens is 2. The smallest absolute Gasteiger partial charge is 0.274 e. The molecule has 1 unspecified atom stereocenters. The number of halogens is 1. The Kier molecular flexibility index (Phi) is 6.50. The minimum atomic E-state index is -0.246. The number of aromatic amines is 1. The van der Waals surface area contributed by atoms with E-state index in [1.54, 1.807) is 17.0 Å². The van der Waals surface area contributed by atoms with E-state index < -0.39 is 0 Å². The fourth-order valence-corrected chi connectivity index (χ4v) is 6.07. The van der Waals surface area contributed by atoms with Gasteiger partial charge in [-0.05, 0) is 67.5 Å². The van der Waals surface area contributed by atoms with Crippen LogP contribution >= 0.6 is 11.3 Å². The zero-order valence-corrected chi connectivity index (χ0v) is 20.1. The molecular formula is C26H29FN4O2S. The Morgan fingerprint density at radius 1 is 1.21 bits per heavy atom. The lowest BCUT2D eigenvalue weighted by atomic mass is 9.84. The molecule has 0 bridgehead atoms. The van der Waals surface area contributed by atoms with E-state index in [0.29, 0.717) is 35.6 Å². The highest BCUT2D eigenvalue weighted by atomic mass is 32.1. The first-order valence-electron chi connectivity index (χ1n) is 11.9. The largest absolute Gasteiger partial charge is 0.337 e. The molecule has 2 amide bonds. The Morgan fingerprint density at radius 2 is 2.00 bits per heavy atom. The highest BCUT2D eigenvalue weighted by Crippen LogP contribution is 2.30. The summed E-state index contributed by atoms with van der Waals surface area (Å²) < 4.78 is 14.5. The number of aryl methyl sites for hydroxylation is 1. The molecule has 8 heteroatoms. The molecule has 2 aromatic heterocycles. The molecule has 178 valence electrons. The molecule has 6 nitrogen and oxygen atoms in total. The second kappa shape index (κ2) is 9.70. The lowest BCUT2D eigenvalue weighted by molar-refractivity contribution is 0.0520. The maximum atomic E-state index is 14.5. The maximum absolute atomic E-state index is 14.5. The number of H-pyrrole nitrogens is 1. The second-order valence-corrected chi connectivity index (χ2v) is 10.2. The van der Waals surface area contributed by atoms with E-state index in [2.05, 4.69) is 10.2 Å². The second-order valence-electron chi connectivity index (χ2n) is 9.27.